The van der Waals surface area contributed by atoms with Crippen molar-refractivity contribution >= 4 is 22.4 Å². The van der Waals surface area contributed by atoms with Crippen LogP contribution in [-0.2, 0) is 28.4 Å². The van der Waals surface area contributed by atoms with Crippen LogP contribution in [-0.4, -0.2) is 72.8 Å². The molecule has 8 nitrogen and oxygen atoms in total. The Morgan fingerprint density at radius 2 is 1.59 bits per heavy atom. The Morgan fingerprint density at radius 1 is 0.886 bits per heavy atom. The van der Waals surface area contributed by atoms with Crippen LogP contribution in [0.5, 0.6) is 11.5 Å². The summed E-state index contributed by atoms with van der Waals surface area (Å²) < 4.78 is 30.2. The lowest BCUT2D eigenvalue weighted by molar-refractivity contribution is 0.0741. The number of methoxy groups -OCH3 is 2. The van der Waals surface area contributed by atoms with E-state index in [0.717, 1.165) is 40.5 Å². The largest absolute Gasteiger partial charge is 0.493 e. The molecule has 0 spiro atoms. The number of carbonyl (C=O) groups is 1. The van der Waals surface area contributed by atoms with Crippen LogP contribution in [0.15, 0.2) is 89.8 Å². The third kappa shape index (κ3) is 6.34. The van der Waals surface area contributed by atoms with Gasteiger partial charge in [0.25, 0.3) is 5.91 Å². The SMILES string of the molecule is COc1ccc(CCN2C(=O)c3cc(N4CCOCC4)c(Cc4ccccc4)nc3C2CS(=O)c2ccccc2)cc1OC. The molecule has 1 amide bonds. The number of benzene rings is 3. The van der Waals surface area contributed by atoms with Gasteiger partial charge in [-0.2, -0.15) is 0 Å². The van der Waals surface area contributed by atoms with Crippen molar-refractivity contribution in [2.24, 2.45) is 0 Å². The van der Waals surface area contributed by atoms with Gasteiger partial charge in [0, 0.05) is 31.0 Å². The zero-order valence-electron chi connectivity index (χ0n) is 25.1. The highest BCUT2D eigenvalue weighted by Gasteiger charge is 2.40. The first-order chi connectivity index (χ1) is 21.6. The smallest absolute Gasteiger partial charge is 0.256 e. The fraction of sp³-hybridized carbons (Fsp3) is 0.314. The van der Waals surface area contributed by atoms with E-state index in [1.165, 1.54) is 0 Å². The lowest BCUT2D eigenvalue weighted by atomic mass is 10.0. The Bertz CT molecular complexity index is 1630. The number of hydrogen-bond donors (Lipinski definition) is 0. The minimum absolute atomic E-state index is 0.0798. The van der Waals surface area contributed by atoms with Gasteiger partial charge in [-0.1, -0.05) is 54.6 Å². The molecular weight excluding hydrogens is 574 g/mol. The van der Waals surface area contributed by atoms with E-state index < -0.39 is 16.8 Å². The van der Waals surface area contributed by atoms with Crippen LogP contribution in [0.3, 0.4) is 0 Å². The average molecular weight is 612 g/mol. The van der Waals surface area contributed by atoms with Gasteiger partial charge in [0.1, 0.15) is 0 Å². The van der Waals surface area contributed by atoms with Gasteiger partial charge in [0.2, 0.25) is 0 Å². The highest BCUT2D eigenvalue weighted by atomic mass is 32.2. The number of amides is 1. The maximum atomic E-state index is 14.2. The molecule has 2 atom stereocenters. The van der Waals surface area contributed by atoms with E-state index >= 15 is 0 Å². The molecule has 6 rings (SSSR count). The summed E-state index contributed by atoms with van der Waals surface area (Å²) in [6, 6.07) is 27.1. The Morgan fingerprint density at radius 3 is 2.30 bits per heavy atom. The standard InChI is InChI=1S/C35H37N3O5S/c1-41-32-14-13-26(22-33(32)42-2)15-16-38-31(24-44(40)27-11-7-4-8-12-27)34-28(35(38)39)23-30(37-17-19-43-20-18-37)29(36-34)21-25-9-5-3-6-10-25/h3-14,22-23,31H,15-21,24H2,1-2H3. The van der Waals surface area contributed by atoms with Crippen LogP contribution >= 0.6 is 0 Å². The van der Waals surface area contributed by atoms with Crippen molar-refractivity contribution in [1.82, 2.24) is 9.88 Å². The monoisotopic (exact) mass is 611 g/mol. The second-order valence-electron chi connectivity index (χ2n) is 10.9. The molecule has 9 heteroatoms. The van der Waals surface area contributed by atoms with Gasteiger partial charge in [-0.25, -0.2) is 0 Å². The van der Waals surface area contributed by atoms with Gasteiger partial charge in [0.05, 0.1) is 72.7 Å². The van der Waals surface area contributed by atoms with Crippen molar-refractivity contribution in [1.29, 1.82) is 0 Å². The summed E-state index contributed by atoms with van der Waals surface area (Å²) in [4.78, 5) is 24.3. The van der Waals surface area contributed by atoms with Crippen LogP contribution in [0.4, 0.5) is 5.69 Å². The van der Waals surface area contributed by atoms with Gasteiger partial charge >= 0.3 is 0 Å². The van der Waals surface area contributed by atoms with E-state index in [1.54, 1.807) is 14.2 Å². The first kappa shape index (κ1) is 29.8. The topological polar surface area (TPSA) is 81.2 Å². The van der Waals surface area contributed by atoms with Gasteiger partial charge in [0.15, 0.2) is 11.5 Å². The van der Waals surface area contributed by atoms with Gasteiger partial charge in [-0.3, -0.25) is 14.0 Å². The number of hydrogen-bond acceptors (Lipinski definition) is 7. The van der Waals surface area contributed by atoms with Crippen LogP contribution < -0.4 is 14.4 Å². The number of morpholine rings is 1. The molecule has 0 aliphatic carbocycles. The van der Waals surface area contributed by atoms with Crippen molar-refractivity contribution in [3.63, 3.8) is 0 Å². The Hall–Kier alpha value is -4.21. The third-order valence-corrected chi connectivity index (χ3v) is 9.68. The molecule has 3 aromatic carbocycles. The molecule has 0 bridgehead atoms. The summed E-state index contributed by atoms with van der Waals surface area (Å²) in [6.07, 6.45) is 1.23. The summed E-state index contributed by atoms with van der Waals surface area (Å²) in [7, 11) is 1.90. The number of carbonyl (C=O) groups excluding carboxylic acids is 1. The summed E-state index contributed by atoms with van der Waals surface area (Å²) in [5.74, 6) is 1.49. The molecule has 4 aromatic rings. The Labute approximate surface area is 261 Å². The predicted molar refractivity (Wildman–Crippen MR) is 171 cm³/mol. The van der Waals surface area contributed by atoms with Crippen molar-refractivity contribution in [2.75, 3.05) is 57.7 Å². The fourth-order valence-electron chi connectivity index (χ4n) is 5.95. The Kier molecular flexibility index (Phi) is 9.23. The number of anilines is 1. The second-order valence-corrected chi connectivity index (χ2v) is 12.4. The van der Waals surface area contributed by atoms with Crippen molar-refractivity contribution in [3.8, 4) is 11.5 Å². The minimum Gasteiger partial charge on any atom is -0.493 e. The normalized spacial score (nSPS) is 17.0. The van der Waals surface area contributed by atoms with E-state index in [0.29, 0.717) is 55.4 Å². The molecule has 44 heavy (non-hydrogen) atoms. The van der Waals surface area contributed by atoms with E-state index in [9.17, 15) is 9.00 Å². The summed E-state index contributed by atoms with van der Waals surface area (Å²) in [5, 5.41) is 0. The van der Waals surface area contributed by atoms with E-state index in [-0.39, 0.29) is 11.7 Å². The van der Waals surface area contributed by atoms with E-state index in [4.69, 9.17) is 19.2 Å². The molecule has 2 aliphatic heterocycles. The van der Waals surface area contributed by atoms with Crippen LogP contribution in [0.1, 0.15) is 38.9 Å². The number of rotatable bonds is 11. The molecule has 1 aromatic heterocycles. The van der Waals surface area contributed by atoms with E-state index in [2.05, 4.69) is 17.0 Å². The van der Waals surface area contributed by atoms with Crippen molar-refractivity contribution in [3.05, 3.63) is 113 Å². The van der Waals surface area contributed by atoms with Crippen LogP contribution in [0, 0.1) is 0 Å². The maximum Gasteiger partial charge on any atom is 0.256 e. The first-order valence-electron chi connectivity index (χ1n) is 14.9. The highest BCUT2D eigenvalue weighted by molar-refractivity contribution is 7.85. The van der Waals surface area contributed by atoms with Gasteiger partial charge in [-0.15, -0.1) is 0 Å². The minimum atomic E-state index is -1.33. The van der Waals surface area contributed by atoms with Crippen LogP contribution in [0.25, 0.3) is 0 Å². The number of ether oxygens (including phenoxy) is 3. The molecular formula is C35H37N3O5S. The number of nitrogens with zero attached hydrogens (tertiary/aromatic N) is 3. The number of aromatic nitrogens is 1. The molecule has 228 valence electrons. The quantitative estimate of drug-likeness (QED) is 0.234. The van der Waals surface area contributed by atoms with Gasteiger partial charge < -0.3 is 24.0 Å². The molecule has 2 aliphatic rings. The molecule has 1 fully saturated rings. The Balaban J connectivity index is 1.37. The molecule has 0 saturated carbocycles. The summed E-state index contributed by atoms with van der Waals surface area (Å²) in [6.45, 7) is 3.18. The highest BCUT2D eigenvalue weighted by Crippen LogP contribution is 2.38. The molecule has 0 N–H and O–H groups in total. The predicted octanol–water partition coefficient (Wildman–Crippen LogP) is 5.07. The van der Waals surface area contributed by atoms with Crippen LogP contribution in [0.2, 0.25) is 0 Å². The van der Waals surface area contributed by atoms with Crippen molar-refractivity contribution < 1.29 is 23.2 Å². The lowest BCUT2D eigenvalue weighted by Gasteiger charge is -2.30. The third-order valence-electron chi connectivity index (χ3n) is 8.26. The molecule has 3 heterocycles. The molecule has 0 radical (unpaired) electrons. The fourth-order valence-corrected chi connectivity index (χ4v) is 7.22. The summed E-state index contributed by atoms with van der Waals surface area (Å²) >= 11 is 0. The lowest BCUT2D eigenvalue weighted by Crippen LogP contribution is -2.37. The zero-order chi connectivity index (χ0) is 30.5. The average Bonchev–Trinajstić information content (AvgIpc) is 3.33. The zero-order valence-corrected chi connectivity index (χ0v) is 25.9. The molecule has 1 saturated heterocycles. The molecule has 2 unspecified atom stereocenters. The number of pyridine rings is 1. The van der Waals surface area contributed by atoms with Gasteiger partial charge in [-0.05, 0) is 47.9 Å². The second kappa shape index (κ2) is 13.6. The first-order valence-corrected chi connectivity index (χ1v) is 16.2. The summed E-state index contributed by atoms with van der Waals surface area (Å²) in [5.41, 5.74) is 5.34. The van der Waals surface area contributed by atoms with E-state index in [1.807, 2.05) is 77.7 Å². The number of fused-ring (bicyclic) bond motifs is 1. The van der Waals surface area contributed by atoms with Crippen molar-refractivity contribution in [2.45, 2.75) is 23.8 Å². The maximum absolute atomic E-state index is 14.2.